The molecule has 2 rings (SSSR count). The number of benzene rings is 1. The number of nitrogens with zero attached hydrogens (tertiary/aromatic N) is 1. The predicted octanol–water partition coefficient (Wildman–Crippen LogP) is 3.59. The Balaban J connectivity index is 2.23. The maximum atomic E-state index is 10.9. The molecule has 2 aromatic rings. The average Bonchev–Trinajstić information content (AvgIpc) is 2.39. The summed E-state index contributed by atoms with van der Waals surface area (Å²) >= 11 is 6.17. The van der Waals surface area contributed by atoms with E-state index in [4.69, 9.17) is 16.7 Å². The standard InChI is InChI=1S/C15H14ClNO2/c1-2-12-4-3-10(7-14(12)16)5-11-6-13(15(18)19)9-17-8-11/h3-4,6-9H,2,5H2,1H3,(H,18,19). The number of carboxylic acid groups (broad SMARTS) is 1. The maximum absolute atomic E-state index is 10.9. The number of aryl methyl sites for hydroxylation is 1. The molecule has 0 aliphatic rings. The van der Waals surface area contributed by atoms with Crippen LogP contribution in [0.3, 0.4) is 0 Å². The molecule has 0 spiro atoms. The molecule has 0 unspecified atom stereocenters. The minimum Gasteiger partial charge on any atom is -0.478 e. The van der Waals surface area contributed by atoms with Gasteiger partial charge in [0.15, 0.2) is 0 Å². The van der Waals surface area contributed by atoms with Crippen molar-refractivity contribution in [1.82, 2.24) is 4.98 Å². The van der Waals surface area contributed by atoms with E-state index in [-0.39, 0.29) is 5.56 Å². The molecule has 0 amide bonds. The third-order valence-electron chi connectivity index (χ3n) is 2.95. The van der Waals surface area contributed by atoms with Gasteiger partial charge in [0.05, 0.1) is 5.56 Å². The summed E-state index contributed by atoms with van der Waals surface area (Å²) in [6, 6.07) is 7.58. The lowest BCUT2D eigenvalue weighted by Crippen LogP contribution is -1.99. The first-order valence-corrected chi connectivity index (χ1v) is 6.42. The highest BCUT2D eigenvalue weighted by molar-refractivity contribution is 6.31. The van der Waals surface area contributed by atoms with Gasteiger partial charge in [0.2, 0.25) is 0 Å². The van der Waals surface area contributed by atoms with E-state index in [0.717, 1.165) is 28.1 Å². The van der Waals surface area contributed by atoms with Gasteiger partial charge in [-0.15, -0.1) is 0 Å². The van der Waals surface area contributed by atoms with Gasteiger partial charge in [-0.25, -0.2) is 4.79 Å². The van der Waals surface area contributed by atoms with Crippen LogP contribution in [0.1, 0.15) is 34.0 Å². The third kappa shape index (κ3) is 3.32. The van der Waals surface area contributed by atoms with Crippen LogP contribution < -0.4 is 0 Å². The van der Waals surface area contributed by atoms with Crippen molar-refractivity contribution in [3.05, 3.63) is 63.9 Å². The Hall–Kier alpha value is -1.87. The Bertz CT molecular complexity index is 611. The normalized spacial score (nSPS) is 10.4. The molecule has 0 saturated heterocycles. The molecular formula is C15H14ClNO2. The molecule has 0 saturated carbocycles. The van der Waals surface area contributed by atoms with Gasteiger partial charge in [0.25, 0.3) is 0 Å². The number of carbonyl (C=O) groups is 1. The average molecular weight is 276 g/mol. The van der Waals surface area contributed by atoms with Crippen molar-refractivity contribution in [2.24, 2.45) is 0 Å². The highest BCUT2D eigenvalue weighted by atomic mass is 35.5. The number of rotatable bonds is 4. The Morgan fingerprint density at radius 1 is 1.26 bits per heavy atom. The fourth-order valence-electron chi connectivity index (χ4n) is 1.92. The zero-order chi connectivity index (χ0) is 13.8. The van der Waals surface area contributed by atoms with Gasteiger partial charge >= 0.3 is 5.97 Å². The first-order valence-electron chi connectivity index (χ1n) is 6.04. The van der Waals surface area contributed by atoms with E-state index < -0.39 is 5.97 Å². The lowest BCUT2D eigenvalue weighted by molar-refractivity contribution is 0.0696. The zero-order valence-corrected chi connectivity index (χ0v) is 11.3. The highest BCUT2D eigenvalue weighted by Crippen LogP contribution is 2.20. The molecule has 0 bridgehead atoms. The number of aromatic nitrogens is 1. The molecule has 0 aliphatic carbocycles. The van der Waals surface area contributed by atoms with Crippen molar-refractivity contribution in [2.45, 2.75) is 19.8 Å². The number of hydrogen-bond donors (Lipinski definition) is 1. The summed E-state index contributed by atoms with van der Waals surface area (Å²) in [5.74, 6) is -0.964. The molecule has 0 radical (unpaired) electrons. The summed E-state index contributed by atoms with van der Waals surface area (Å²) in [5, 5.41) is 9.68. The minimum atomic E-state index is -0.964. The van der Waals surface area contributed by atoms with E-state index in [0.29, 0.717) is 6.42 Å². The second-order valence-electron chi connectivity index (χ2n) is 4.34. The predicted molar refractivity (Wildman–Crippen MR) is 74.8 cm³/mol. The van der Waals surface area contributed by atoms with Gasteiger partial charge in [-0.05, 0) is 41.7 Å². The molecular weight excluding hydrogens is 262 g/mol. The first kappa shape index (κ1) is 13.6. The van der Waals surface area contributed by atoms with E-state index in [2.05, 4.69) is 11.9 Å². The largest absolute Gasteiger partial charge is 0.478 e. The van der Waals surface area contributed by atoms with Crippen LogP contribution in [-0.2, 0) is 12.8 Å². The molecule has 0 atom stereocenters. The van der Waals surface area contributed by atoms with Crippen molar-refractivity contribution in [2.75, 3.05) is 0 Å². The summed E-state index contributed by atoms with van der Waals surface area (Å²) in [4.78, 5) is 14.8. The van der Waals surface area contributed by atoms with E-state index in [1.165, 1.54) is 6.20 Å². The highest BCUT2D eigenvalue weighted by Gasteiger charge is 2.06. The summed E-state index contributed by atoms with van der Waals surface area (Å²) in [7, 11) is 0. The fourth-order valence-corrected chi connectivity index (χ4v) is 2.26. The molecule has 4 heteroatoms. The Kier molecular flexibility index (Phi) is 4.17. The molecule has 98 valence electrons. The number of aromatic carboxylic acids is 1. The zero-order valence-electron chi connectivity index (χ0n) is 10.6. The lowest BCUT2D eigenvalue weighted by atomic mass is 10.0. The SMILES string of the molecule is CCc1ccc(Cc2cncc(C(=O)O)c2)cc1Cl. The van der Waals surface area contributed by atoms with Gasteiger partial charge in [-0.2, -0.15) is 0 Å². The van der Waals surface area contributed by atoms with E-state index >= 15 is 0 Å². The van der Waals surface area contributed by atoms with Crippen LogP contribution in [0, 0.1) is 0 Å². The molecule has 1 aromatic heterocycles. The van der Waals surface area contributed by atoms with Gasteiger partial charge in [-0.1, -0.05) is 30.7 Å². The summed E-state index contributed by atoms with van der Waals surface area (Å²) < 4.78 is 0. The quantitative estimate of drug-likeness (QED) is 0.928. The van der Waals surface area contributed by atoms with Gasteiger partial charge in [0, 0.05) is 17.4 Å². The summed E-state index contributed by atoms with van der Waals surface area (Å²) in [6.07, 6.45) is 4.54. The van der Waals surface area contributed by atoms with E-state index in [9.17, 15) is 4.79 Å². The number of carboxylic acids is 1. The van der Waals surface area contributed by atoms with Crippen molar-refractivity contribution < 1.29 is 9.90 Å². The van der Waals surface area contributed by atoms with Gasteiger partial charge in [-0.3, -0.25) is 4.98 Å². The molecule has 1 aromatic carbocycles. The topological polar surface area (TPSA) is 50.2 Å². The van der Waals surface area contributed by atoms with Crippen LogP contribution >= 0.6 is 11.6 Å². The van der Waals surface area contributed by atoms with Crippen LogP contribution in [0.25, 0.3) is 0 Å². The second-order valence-corrected chi connectivity index (χ2v) is 4.75. The van der Waals surface area contributed by atoms with Gasteiger partial charge in [0.1, 0.15) is 0 Å². The van der Waals surface area contributed by atoms with Crippen LogP contribution in [0.4, 0.5) is 0 Å². The van der Waals surface area contributed by atoms with Crippen LogP contribution in [0.5, 0.6) is 0 Å². The number of hydrogen-bond acceptors (Lipinski definition) is 2. The Labute approximate surface area is 116 Å². The number of pyridine rings is 1. The smallest absolute Gasteiger partial charge is 0.337 e. The number of halogens is 1. The van der Waals surface area contributed by atoms with E-state index in [1.807, 2.05) is 18.2 Å². The molecule has 0 aliphatic heterocycles. The molecule has 19 heavy (non-hydrogen) atoms. The minimum absolute atomic E-state index is 0.203. The van der Waals surface area contributed by atoms with Crippen LogP contribution in [-0.4, -0.2) is 16.1 Å². The monoisotopic (exact) mass is 275 g/mol. The lowest BCUT2D eigenvalue weighted by Gasteiger charge is -2.06. The summed E-state index contributed by atoms with van der Waals surface area (Å²) in [6.45, 7) is 2.06. The Morgan fingerprint density at radius 3 is 2.68 bits per heavy atom. The van der Waals surface area contributed by atoms with E-state index in [1.54, 1.807) is 12.3 Å². The van der Waals surface area contributed by atoms with Crippen molar-refractivity contribution >= 4 is 17.6 Å². The van der Waals surface area contributed by atoms with Crippen LogP contribution in [0.15, 0.2) is 36.7 Å². The van der Waals surface area contributed by atoms with Crippen molar-refractivity contribution in [3.8, 4) is 0 Å². The summed E-state index contributed by atoms with van der Waals surface area (Å²) in [5.41, 5.74) is 3.23. The second kappa shape index (κ2) is 5.85. The van der Waals surface area contributed by atoms with Gasteiger partial charge < -0.3 is 5.11 Å². The fraction of sp³-hybridized carbons (Fsp3) is 0.200. The van der Waals surface area contributed by atoms with Crippen LogP contribution in [0.2, 0.25) is 5.02 Å². The molecule has 3 nitrogen and oxygen atoms in total. The Morgan fingerprint density at radius 2 is 2.05 bits per heavy atom. The van der Waals surface area contributed by atoms with Crippen molar-refractivity contribution in [1.29, 1.82) is 0 Å². The third-order valence-corrected chi connectivity index (χ3v) is 3.30. The molecule has 1 heterocycles. The van der Waals surface area contributed by atoms with Crippen molar-refractivity contribution in [3.63, 3.8) is 0 Å². The molecule has 0 fully saturated rings. The molecule has 1 N–H and O–H groups in total. The maximum Gasteiger partial charge on any atom is 0.337 e. The first-order chi connectivity index (χ1) is 9.10.